The van der Waals surface area contributed by atoms with Crippen LogP contribution < -0.4 is 5.56 Å². The molecule has 0 aliphatic heterocycles. The summed E-state index contributed by atoms with van der Waals surface area (Å²) in [7, 11) is 0. The van der Waals surface area contributed by atoms with E-state index in [9.17, 15) is 9.59 Å². The van der Waals surface area contributed by atoms with Crippen molar-refractivity contribution in [1.29, 1.82) is 0 Å². The fourth-order valence-electron chi connectivity index (χ4n) is 2.80. The average Bonchev–Trinajstić information content (AvgIpc) is 3.13. The number of para-hydroxylation sites is 1. The number of carbonyl (C=O) groups excluding carboxylic acids is 1. The first kappa shape index (κ1) is 17.6. The van der Waals surface area contributed by atoms with Crippen molar-refractivity contribution in [2.75, 3.05) is 0 Å². The molecule has 0 aliphatic rings. The number of nitrogens with one attached hydrogen (secondary N) is 1. The van der Waals surface area contributed by atoms with Crippen molar-refractivity contribution in [3.05, 3.63) is 75.6 Å². The minimum atomic E-state index is -0.527. The van der Waals surface area contributed by atoms with Crippen LogP contribution in [-0.2, 0) is 11.3 Å². The molecule has 0 amide bonds. The molecular formula is C20H16N4O4. The van der Waals surface area contributed by atoms with Crippen molar-refractivity contribution < 1.29 is 14.1 Å². The van der Waals surface area contributed by atoms with Gasteiger partial charge < -0.3 is 14.2 Å². The fraction of sp³-hybridized carbons (Fsp3) is 0.150. The number of hydrogen-bond donors (Lipinski definition) is 1. The van der Waals surface area contributed by atoms with E-state index in [1.807, 2.05) is 13.0 Å². The van der Waals surface area contributed by atoms with Crippen molar-refractivity contribution in [2.24, 2.45) is 0 Å². The molecular weight excluding hydrogens is 360 g/mol. The lowest BCUT2D eigenvalue weighted by Crippen LogP contribution is -2.15. The van der Waals surface area contributed by atoms with E-state index in [1.54, 1.807) is 43.3 Å². The number of carbonyl (C=O) groups is 1. The molecule has 0 radical (unpaired) electrons. The molecule has 0 spiro atoms. The predicted molar refractivity (Wildman–Crippen MR) is 101 cm³/mol. The molecule has 4 aromatic rings. The van der Waals surface area contributed by atoms with E-state index < -0.39 is 5.97 Å². The smallest absolute Gasteiger partial charge is 0.338 e. The van der Waals surface area contributed by atoms with Gasteiger partial charge in [-0.1, -0.05) is 17.3 Å². The van der Waals surface area contributed by atoms with Crippen molar-refractivity contribution in [1.82, 2.24) is 20.1 Å². The standard InChI is InChI=1S/C20H16N4O4/c1-11-4-3-5-15-17(11)22-16(23-18(15)25)10-27-20(26)14-8-6-13(7-9-14)19-21-12(2)24-28-19/h3-9H,10H2,1-2H3,(H,22,23,25). The summed E-state index contributed by atoms with van der Waals surface area (Å²) in [6, 6.07) is 12.0. The Morgan fingerprint density at radius 3 is 2.61 bits per heavy atom. The number of rotatable bonds is 4. The second-order valence-corrected chi connectivity index (χ2v) is 6.28. The van der Waals surface area contributed by atoms with Gasteiger partial charge in [0, 0.05) is 5.56 Å². The van der Waals surface area contributed by atoms with Gasteiger partial charge in [-0.05, 0) is 49.7 Å². The Labute approximate surface area is 159 Å². The average molecular weight is 376 g/mol. The van der Waals surface area contributed by atoms with Crippen molar-refractivity contribution in [3.8, 4) is 11.5 Å². The normalized spacial score (nSPS) is 10.9. The van der Waals surface area contributed by atoms with Gasteiger partial charge in [0.15, 0.2) is 5.82 Å². The molecule has 2 aromatic carbocycles. The third-order valence-corrected chi connectivity index (χ3v) is 4.22. The number of esters is 1. The minimum absolute atomic E-state index is 0.136. The van der Waals surface area contributed by atoms with Crippen LogP contribution in [0, 0.1) is 13.8 Å². The van der Waals surface area contributed by atoms with Gasteiger partial charge in [0.05, 0.1) is 16.5 Å². The van der Waals surface area contributed by atoms with Crippen molar-refractivity contribution in [2.45, 2.75) is 20.5 Å². The first-order valence-corrected chi connectivity index (χ1v) is 8.57. The number of hydrogen-bond acceptors (Lipinski definition) is 7. The number of fused-ring (bicyclic) bond motifs is 1. The summed E-state index contributed by atoms with van der Waals surface area (Å²) in [6.07, 6.45) is 0. The minimum Gasteiger partial charge on any atom is -0.454 e. The molecule has 140 valence electrons. The highest BCUT2D eigenvalue weighted by Crippen LogP contribution is 2.18. The second-order valence-electron chi connectivity index (χ2n) is 6.28. The zero-order valence-electron chi connectivity index (χ0n) is 15.2. The van der Waals surface area contributed by atoms with Crippen LogP contribution in [0.3, 0.4) is 0 Å². The van der Waals surface area contributed by atoms with E-state index in [0.717, 1.165) is 5.56 Å². The highest BCUT2D eigenvalue weighted by atomic mass is 16.5. The zero-order valence-corrected chi connectivity index (χ0v) is 15.2. The number of aromatic amines is 1. The lowest BCUT2D eigenvalue weighted by molar-refractivity contribution is 0.0462. The van der Waals surface area contributed by atoms with Gasteiger partial charge in [-0.3, -0.25) is 4.79 Å². The second kappa shape index (κ2) is 7.07. The third-order valence-electron chi connectivity index (χ3n) is 4.22. The molecule has 1 N–H and O–H groups in total. The number of ether oxygens (including phenoxy) is 1. The van der Waals surface area contributed by atoms with Gasteiger partial charge >= 0.3 is 5.97 Å². The van der Waals surface area contributed by atoms with E-state index in [2.05, 4.69) is 20.1 Å². The van der Waals surface area contributed by atoms with Gasteiger partial charge in [0.2, 0.25) is 0 Å². The van der Waals surface area contributed by atoms with Gasteiger partial charge in [-0.25, -0.2) is 9.78 Å². The molecule has 0 saturated carbocycles. The molecule has 4 rings (SSSR count). The highest BCUT2D eigenvalue weighted by molar-refractivity contribution is 5.89. The molecule has 0 atom stereocenters. The summed E-state index contributed by atoms with van der Waals surface area (Å²) in [6.45, 7) is 3.46. The molecule has 0 saturated heterocycles. The van der Waals surface area contributed by atoms with Gasteiger partial charge in [-0.2, -0.15) is 4.98 Å². The van der Waals surface area contributed by atoms with Crippen LogP contribution >= 0.6 is 0 Å². The first-order valence-electron chi connectivity index (χ1n) is 8.57. The zero-order chi connectivity index (χ0) is 19.7. The fourth-order valence-corrected chi connectivity index (χ4v) is 2.80. The molecule has 2 heterocycles. The highest BCUT2D eigenvalue weighted by Gasteiger charge is 2.12. The summed E-state index contributed by atoms with van der Waals surface area (Å²) in [4.78, 5) is 35.7. The van der Waals surface area contributed by atoms with Crippen molar-refractivity contribution >= 4 is 16.9 Å². The molecule has 0 aliphatic carbocycles. The van der Waals surface area contributed by atoms with Crippen LogP contribution in [0.4, 0.5) is 0 Å². The van der Waals surface area contributed by atoms with E-state index in [0.29, 0.717) is 33.7 Å². The van der Waals surface area contributed by atoms with E-state index in [1.165, 1.54) is 0 Å². The maximum absolute atomic E-state index is 12.3. The van der Waals surface area contributed by atoms with E-state index >= 15 is 0 Å². The largest absolute Gasteiger partial charge is 0.454 e. The topological polar surface area (TPSA) is 111 Å². The summed E-state index contributed by atoms with van der Waals surface area (Å²) < 4.78 is 10.4. The molecule has 0 unspecified atom stereocenters. The van der Waals surface area contributed by atoms with Crippen molar-refractivity contribution in [3.63, 3.8) is 0 Å². The summed E-state index contributed by atoms with van der Waals surface area (Å²) in [5, 5.41) is 4.24. The van der Waals surface area contributed by atoms with Crippen LogP contribution in [0.1, 0.15) is 27.6 Å². The van der Waals surface area contributed by atoms with Gasteiger partial charge in [0.25, 0.3) is 11.4 Å². The van der Waals surface area contributed by atoms with Crippen LogP contribution in [0.15, 0.2) is 51.8 Å². The van der Waals surface area contributed by atoms with Crippen LogP contribution in [-0.4, -0.2) is 26.1 Å². The van der Waals surface area contributed by atoms with Gasteiger partial charge in [-0.15, -0.1) is 0 Å². The van der Waals surface area contributed by atoms with Crippen LogP contribution in [0.5, 0.6) is 0 Å². The Hall–Kier alpha value is -3.81. The maximum atomic E-state index is 12.3. The van der Waals surface area contributed by atoms with E-state index in [4.69, 9.17) is 9.26 Å². The Balaban J connectivity index is 1.49. The molecule has 2 aromatic heterocycles. The number of H-pyrrole nitrogens is 1. The Morgan fingerprint density at radius 1 is 1.11 bits per heavy atom. The summed E-state index contributed by atoms with van der Waals surface area (Å²) >= 11 is 0. The number of aromatic nitrogens is 4. The lowest BCUT2D eigenvalue weighted by atomic mass is 10.1. The molecule has 8 nitrogen and oxygen atoms in total. The quantitative estimate of drug-likeness (QED) is 0.545. The Morgan fingerprint density at radius 2 is 1.89 bits per heavy atom. The van der Waals surface area contributed by atoms with Crippen LogP contribution in [0.2, 0.25) is 0 Å². The lowest BCUT2D eigenvalue weighted by Gasteiger charge is -2.07. The number of benzene rings is 2. The van der Waals surface area contributed by atoms with Crippen LogP contribution in [0.25, 0.3) is 22.4 Å². The summed E-state index contributed by atoms with van der Waals surface area (Å²) in [5.41, 5.74) is 2.27. The molecule has 8 heteroatoms. The third kappa shape index (κ3) is 3.39. The number of nitrogens with zero attached hydrogens (tertiary/aromatic N) is 3. The molecule has 0 fully saturated rings. The molecule has 28 heavy (non-hydrogen) atoms. The van der Waals surface area contributed by atoms with E-state index in [-0.39, 0.29) is 18.0 Å². The number of aryl methyl sites for hydroxylation is 2. The first-order chi connectivity index (χ1) is 13.5. The Bertz CT molecular complexity index is 1230. The monoisotopic (exact) mass is 376 g/mol. The van der Waals surface area contributed by atoms with Gasteiger partial charge in [0.1, 0.15) is 12.4 Å². The molecule has 0 bridgehead atoms. The summed E-state index contributed by atoms with van der Waals surface area (Å²) in [5.74, 6) is 0.676. The SMILES string of the molecule is Cc1noc(-c2ccc(C(=O)OCc3nc4c(C)cccc4c(=O)[nH]3)cc2)n1. The predicted octanol–water partition coefficient (Wildman–Crippen LogP) is 2.95. The Kier molecular flexibility index (Phi) is 4.44. The maximum Gasteiger partial charge on any atom is 0.338 e.